The summed E-state index contributed by atoms with van der Waals surface area (Å²) in [6.45, 7) is 3.80. The Morgan fingerprint density at radius 2 is 1.91 bits per heavy atom. The highest BCUT2D eigenvalue weighted by Crippen LogP contribution is 2.19. The van der Waals surface area contributed by atoms with Gasteiger partial charge in [0.1, 0.15) is 0 Å². The summed E-state index contributed by atoms with van der Waals surface area (Å²) in [5.41, 5.74) is 2.12. The molecule has 2 rings (SSSR count). The third-order valence-corrected chi connectivity index (χ3v) is 4.40. The van der Waals surface area contributed by atoms with Crippen LogP contribution in [0.2, 0.25) is 0 Å². The standard InChI is InChI=1S/C17H27N3OS/c1-2-20(12-13-21)16-10-8-15(9-11-16)19-17(22)18-14-6-4-3-5-7-14/h8-11,14,21H,2-7,12-13H2,1H3,(H2,18,19,22). The maximum atomic E-state index is 9.08. The summed E-state index contributed by atoms with van der Waals surface area (Å²) in [5.74, 6) is 0. The van der Waals surface area contributed by atoms with Crippen LogP contribution in [0.5, 0.6) is 0 Å². The van der Waals surface area contributed by atoms with Gasteiger partial charge in [-0.3, -0.25) is 0 Å². The van der Waals surface area contributed by atoms with Crippen molar-refractivity contribution in [3.63, 3.8) is 0 Å². The molecule has 3 N–H and O–H groups in total. The molecule has 0 unspecified atom stereocenters. The predicted octanol–water partition coefficient (Wildman–Crippen LogP) is 3.12. The summed E-state index contributed by atoms with van der Waals surface area (Å²) in [6, 6.07) is 8.71. The van der Waals surface area contributed by atoms with Crippen molar-refractivity contribution in [2.24, 2.45) is 0 Å². The number of thiocarbonyl (C=S) groups is 1. The van der Waals surface area contributed by atoms with Crippen LogP contribution in [0.1, 0.15) is 39.0 Å². The molecule has 1 aromatic carbocycles. The van der Waals surface area contributed by atoms with Crippen LogP contribution in [0, 0.1) is 0 Å². The van der Waals surface area contributed by atoms with Crippen LogP contribution >= 0.6 is 12.2 Å². The third kappa shape index (κ3) is 5.14. The molecule has 0 aliphatic heterocycles. The van der Waals surface area contributed by atoms with Gasteiger partial charge in [0.15, 0.2) is 5.11 Å². The monoisotopic (exact) mass is 321 g/mol. The Labute approximate surface area is 138 Å². The fourth-order valence-electron chi connectivity index (χ4n) is 2.95. The van der Waals surface area contributed by atoms with Gasteiger partial charge in [0.05, 0.1) is 6.61 Å². The average molecular weight is 321 g/mol. The molecule has 0 aromatic heterocycles. The zero-order chi connectivity index (χ0) is 15.8. The van der Waals surface area contributed by atoms with Crippen LogP contribution < -0.4 is 15.5 Å². The topological polar surface area (TPSA) is 47.5 Å². The van der Waals surface area contributed by atoms with E-state index in [1.807, 2.05) is 12.1 Å². The minimum absolute atomic E-state index is 0.170. The number of likely N-dealkylation sites (N-methyl/N-ethyl adjacent to an activating group) is 1. The molecule has 0 atom stereocenters. The smallest absolute Gasteiger partial charge is 0.170 e. The quantitative estimate of drug-likeness (QED) is 0.703. The van der Waals surface area contributed by atoms with Gasteiger partial charge in [-0.05, 0) is 56.2 Å². The normalized spacial score (nSPS) is 15.4. The molecule has 4 nitrogen and oxygen atoms in total. The van der Waals surface area contributed by atoms with Crippen molar-refractivity contribution in [1.82, 2.24) is 5.32 Å². The zero-order valence-electron chi connectivity index (χ0n) is 13.3. The minimum atomic E-state index is 0.170. The summed E-state index contributed by atoms with van der Waals surface area (Å²) in [5, 5.41) is 16.5. The fourth-order valence-corrected chi connectivity index (χ4v) is 3.23. The number of hydrogen-bond donors (Lipinski definition) is 3. The largest absolute Gasteiger partial charge is 0.395 e. The molecule has 0 amide bonds. The summed E-state index contributed by atoms with van der Waals surface area (Å²) < 4.78 is 0. The molecule has 122 valence electrons. The SMILES string of the molecule is CCN(CCO)c1ccc(NC(=S)NC2CCCCC2)cc1. The van der Waals surface area contributed by atoms with Crippen LogP contribution in [0.3, 0.4) is 0 Å². The summed E-state index contributed by atoms with van der Waals surface area (Å²) in [4.78, 5) is 2.14. The van der Waals surface area contributed by atoms with Crippen LogP contribution in [0.25, 0.3) is 0 Å². The number of aliphatic hydroxyl groups is 1. The summed E-state index contributed by atoms with van der Waals surface area (Å²) in [7, 11) is 0. The van der Waals surface area contributed by atoms with Gasteiger partial charge >= 0.3 is 0 Å². The first-order chi connectivity index (χ1) is 10.7. The van der Waals surface area contributed by atoms with E-state index in [9.17, 15) is 0 Å². The lowest BCUT2D eigenvalue weighted by Gasteiger charge is -2.25. The highest BCUT2D eigenvalue weighted by molar-refractivity contribution is 7.80. The molecule has 1 saturated carbocycles. The van der Waals surface area contributed by atoms with Crippen molar-refractivity contribution in [2.75, 3.05) is 29.9 Å². The predicted molar refractivity (Wildman–Crippen MR) is 97.6 cm³/mol. The van der Waals surface area contributed by atoms with Crippen LogP contribution in [0.4, 0.5) is 11.4 Å². The second-order valence-electron chi connectivity index (χ2n) is 5.78. The molecule has 22 heavy (non-hydrogen) atoms. The van der Waals surface area contributed by atoms with E-state index in [0.717, 1.165) is 17.9 Å². The van der Waals surface area contributed by atoms with Gasteiger partial charge in [-0.15, -0.1) is 0 Å². The van der Waals surface area contributed by atoms with E-state index in [4.69, 9.17) is 17.3 Å². The van der Waals surface area contributed by atoms with Crippen LogP contribution in [0.15, 0.2) is 24.3 Å². The van der Waals surface area contributed by atoms with Crippen LogP contribution in [-0.4, -0.2) is 36.0 Å². The highest BCUT2D eigenvalue weighted by atomic mass is 32.1. The van der Waals surface area contributed by atoms with E-state index in [1.54, 1.807) is 0 Å². The maximum absolute atomic E-state index is 9.08. The number of hydrogen-bond acceptors (Lipinski definition) is 3. The number of nitrogens with zero attached hydrogens (tertiary/aromatic N) is 1. The fraction of sp³-hybridized carbons (Fsp3) is 0.588. The molecule has 0 saturated heterocycles. The number of aliphatic hydroxyl groups excluding tert-OH is 1. The Kier molecular flexibility index (Phi) is 6.93. The molecule has 5 heteroatoms. The Morgan fingerprint density at radius 1 is 1.23 bits per heavy atom. The first-order valence-corrected chi connectivity index (χ1v) is 8.67. The van der Waals surface area contributed by atoms with Crippen molar-refractivity contribution < 1.29 is 5.11 Å². The Balaban J connectivity index is 1.85. The van der Waals surface area contributed by atoms with E-state index < -0.39 is 0 Å². The molecule has 0 spiro atoms. The average Bonchev–Trinajstić information content (AvgIpc) is 2.54. The lowest BCUT2D eigenvalue weighted by atomic mass is 9.96. The molecule has 0 heterocycles. The number of benzene rings is 1. The van der Waals surface area contributed by atoms with Crippen molar-refractivity contribution in [1.29, 1.82) is 0 Å². The first kappa shape index (κ1) is 17.0. The van der Waals surface area contributed by atoms with Crippen molar-refractivity contribution >= 4 is 28.7 Å². The van der Waals surface area contributed by atoms with E-state index in [2.05, 4.69) is 34.6 Å². The lowest BCUT2D eigenvalue weighted by molar-refractivity contribution is 0.302. The van der Waals surface area contributed by atoms with E-state index in [0.29, 0.717) is 17.7 Å². The second-order valence-corrected chi connectivity index (χ2v) is 6.19. The Bertz CT molecular complexity index is 457. The van der Waals surface area contributed by atoms with Gasteiger partial charge < -0.3 is 20.6 Å². The molecule has 0 bridgehead atoms. The van der Waals surface area contributed by atoms with Crippen molar-refractivity contribution in [3.05, 3.63) is 24.3 Å². The molecule has 1 aromatic rings. The van der Waals surface area contributed by atoms with E-state index in [-0.39, 0.29) is 6.61 Å². The van der Waals surface area contributed by atoms with Gasteiger partial charge in [0.2, 0.25) is 0 Å². The van der Waals surface area contributed by atoms with Crippen LogP contribution in [-0.2, 0) is 0 Å². The van der Waals surface area contributed by atoms with Gasteiger partial charge in [-0.2, -0.15) is 0 Å². The number of nitrogens with one attached hydrogen (secondary N) is 2. The van der Waals surface area contributed by atoms with Crippen molar-refractivity contribution in [3.8, 4) is 0 Å². The molecule has 0 radical (unpaired) electrons. The summed E-state index contributed by atoms with van der Waals surface area (Å²) >= 11 is 5.40. The van der Waals surface area contributed by atoms with Gasteiger partial charge in [0, 0.05) is 30.5 Å². The second kappa shape index (κ2) is 8.96. The lowest BCUT2D eigenvalue weighted by Crippen LogP contribution is -2.38. The highest BCUT2D eigenvalue weighted by Gasteiger charge is 2.14. The van der Waals surface area contributed by atoms with Gasteiger partial charge in [-0.25, -0.2) is 0 Å². The maximum Gasteiger partial charge on any atom is 0.170 e. The van der Waals surface area contributed by atoms with E-state index >= 15 is 0 Å². The Hall–Kier alpha value is -1.33. The van der Waals surface area contributed by atoms with Gasteiger partial charge in [0.25, 0.3) is 0 Å². The molecule has 1 fully saturated rings. The number of anilines is 2. The third-order valence-electron chi connectivity index (χ3n) is 4.18. The molecule has 1 aliphatic rings. The van der Waals surface area contributed by atoms with Gasteiger partial charge in [-0.1, -0.05) is 19.3 Å². The Morgan fingerprint density at radius 3 is 2.50 bits per heavy atom. The summed E-state index contributed by atoms with van der Waals surface area (Å²) in [6.07, 6.45) is 6.38. The first-order valence-electron chi connectivity index (χ1n) is 8.26. The molecular formula is C17H27N3OS. The molecular weight excluding hydrogens is 294 g/mol. The minimum Gasteiger partial charge on any atom is -0.395 e. The zero-order valence-corrected chi connectivity index (χ0v) is 14.2. The molecule has 1 aliphatic carbocycles. The van der Waals surface area contributed by atoms with Crippen molar-refractivity contribution in [2.45, 2.75) is 45.1 Å². The number of rotatable bonds is 6. The van der Waals surface area contributed by atoms with E-state index in [1.165, 1.54) is 32.1 Å².